The minimum atomic E-state index is -0.818. The third-order valence-corrected chi connectivity index (χ3v) is 11.1. The van der Waals surface area contributed by atoms with Gasteiger partial charge in [0.1, 0.15) is 13.2 Å². The molecule has 1 atom stereocenters. The van der Waals surface area contributed by atoms with E-state index in [1.54, 1.807) is 0 Å². The Morgan fingerprint density at radius 2 is 0.565 bits per heavy atom. The van der Waals surface area contributed by atoms with E-state index in [2.05, 4.69) is 154 Å². The van der Waals surface area contributed by atoms with Gasteiger partial charge in [0.2, 0.25) is 0 Å². The van der Waals surface area contributed by atoms with Crippen molar-refractivity contribution in [1.82, 2.24) is 0 Å². The van der Waals surface area contributed by atoms with Crippen LogP contribution in [0.5, 0.6) is 0 Å². The van der Waals surface area contributed by atoms with E-state index < -0.39 is 6.10 Å². The van der Waals surface area contributed by atoms with Crippen LogP contribution in [0.4, 0.5) is 0 Å². The highest BCUT2D eigenvalue weighted by Gasteiger charge is 2.19. The molecule has 0 fully saturated rings. The van der Waals surface area contributed by atoms with Gasteiger partial charge in [-0.2, -0.15) is 0 Å². The van der Waals surface area contributed by atoms with Gasteiger partial charge in [-0.3, -0.25) is 14.4 Å². The molecule has 0 heterocycles. The highest BCUT2D eigenvalue weighted by Crippen LogP contribution is 2.12. The van der Waals surface area contributed by atoms with Crippen LogP contribution in [-0.4, -0.2) is 37.2 Å². The molecule has 0 N–H and O–H groups in total. The Labute approximate surface area is 424 Å². The molecule has 69 heavy (non-hydrogen) atoms. The Kier molecular flexibility index (Phi) is 52.5. The van der Waals surface area contributed by atoms with Crippen LogP contribution in [0.1, 0.15) is 226 Å². The van der Waals surface area contributed by atoms with Gasteiger partial charge in [-0.05, 0) is 135 Å². The molecule has 0 aliphatic carbocycles. The standard InChI is InChI=1S/C63H100O6/c1-4-7-10-13-16-19-22-25-27-29-31-33-35-38-41-44-47-50-53-56-62(65)68-59-60(58-67-61(64)55-52-49-46-43-40-37-24-21-18-15-12-9-6-3)69-63(66)57-54-51-48-45-42-39-36-34-32-30-28-26-23-20-17-14-11-8-5-2/h7-8,10-11,16-17,19-21,24-28,31-34,38-39,41-42,60H,4-6,9,12-15,18,22-23,29-30,35-37,40,43-59H2,1-3H3/b10-7-,11-8-,19-16-,20-17-,24-21-,27-25-,28-26-,33-31-,34-32-,41-38-,42-39-/t60-/m0/s1. The fraction of sp³-hybridized carbons (Fsp3) is 0.603. The third kappa shape index (κ3) is 54.4. The zero-order valence-electron chi connectivity index (χ0n) is 44.3. The number of unbranched alkanes of at least 4 members (excludes halogenated alkanes) is 15. The van der Waals surface area contributed by atoms with Gasteiger partial charge >= 0.3 is 17.9 Å². The molecule has 0 rings (SSSR count). The molecule has 0 spiro atoms. The van der Waals surface area contributed by atoms with Crippen molar-refractivity contribution in [3.8, 4) is 0 Å². The van der Waals surface area contributed by atoms with Gasteiger partial charge in [-0.1, -0.05) is 206 Å². The Balaban J connectivity index is 4.54. The molecule has 0 aliphatic rings. The monoisotopic (exact) mass is 953 g/mol. The van der Waals surface area contributed by atoms with E-state index >= 15 is 0 Å². The third-order valence-electron chi connectivity index (χ3n) is 11.1. The number of hydrogen-bond donors (Lipinski definition) is 0. The largest absolute Gasteiger partial charge is 0.462 e. The second-order valence-corrected chi connectivity index (χ2v) is 17.7. The lowest BCUT2D eigenvalue weighted by molar-refractivity contribution is -0.167. The SMILES string of the molecule is CC/C=C\C/C=C\C/C=C\C/C=C\C/C=C\CCCCCC(=O)OC[C@H](COC(=O)CCCCCCC/C=C\CCCCCC)OC(=O)CCCCC/C=C\C/C=C\C/C=C\C/C=C\C/C=C\CC. The van der Waals surface area contributed by atoms with E-state index in [1.807, 2.05) is 0 Å². The van der Waals surface area contributed by atoms with Gasteiger partial charge in [-0.15, -0.1) is 0 Å². The van der Waals surface area contributed by atoms with Crippen molar-refractivity contribution in [3.63, 3.8) is 0 Å². The lowest BCUT2D eigenvalue weighted by Crippen LogP contribution is -2.30. The van der Waals surface area contributed by atoms with Crippen molar-refractivity contribution in [2.75, 3.05) is 13.2 Å². The lowest BCUT2D eigenvalue weighted by Gasteiger charge is -2.18. The average Bonchev–Trinajstić information content (AvgIpc) is 3.35. The Morgan fingerprint density at radius 1 is 0.304 bits per heavy atom. The van der Waals surface area contributed by atoms with Crippen molar-refractivity contribution in [1.29, 1.82) is 0 Å². The molecule has 6 heteroatoms. The maximum Gasteiger partial charge on any atom is 0.306 e. The molecule has 0 aromatic heterocycles. The van der Waals surface area contributed by atoms with Crippen molar-refractivity contribution in [2.24, 2.45) is 0 Å². The number of ether oxygens (including phenoxy) is 3. The van der Waals surface area contributed by atoms with Gasteiger partial charge < -0.3 is 14.2 Å². The highest BCUT2D eigenvalue weighted by atomic mass is 16.6. The fourth-order valence-electron chi connectivity index (χ4n) is 7.02. The van der Waals surface area contributed by atoms with Crippen molar-refractivity contribution >= 4 is 17.9 Å². The summed E-state index contributed by atoms with van der Waals surface area (Å²) in [6.45, 7) is 6.32. The van der Waals surface area contributed by atoms with E-state index in [-0.39, 0.29) is 37.5 Å². The van der Waals surface area contributed by atoms with Crippen LogP contribution in [0.2, 0.25) is 0 Å². The molecule has 0 radical (unpaired) electrons. The summed E-state index contributed by atoms with van der Waals surface area (Å²) in [5.74, 6) is -0.992. The number of esters is 3. The average molecular weight is 953 g/mol. The fourth-order valence-corrected chi connectivity index (χ4v) is 7.02. The number of hydrogen-bond acceptors (Lipinski definition) is 6. The summed E-state index contributed by atoms with van der Waals surface area (Å²) in [5, 5.41) is 0. The van der Waals surface area contributed by atoms with E-state index in [1.165, 1.54) is 38.5 Å². The minimum absolute atomic E-state index is 0.111. The Hall–Kier alpha value is -4.45. The predicted molar refractivity (Wildman–Crippen MR) is 297 cm³/mol. The summed E-state index contributed by atoms with van der Waals surface area (Å²) in [4.78, 5) is 38.1. The van der Waals surface area contributed by atoms with Gasteiger partial charge in [0.15, 0.2) is 6.10 Å². The summed E-state index contributed by atoms with van der Waals surface area (Å²) in [6, 6.07) is 0. The quantitative estimate of drug-likeness (QED) is 0.0262. The molecular formula is C63H100O6. The maximum atomic E-state index is 12.8. The Bertz CT molecular complexity index is 1510. The molecule has 388 valence electrons. The van der Waals surface area contributed by atoms with Gasteiger partial charge in [-0.25, -0.2) is 0 Å². The summed E-state index contributed by atoms with van der Waals surface area (Å²) < 4.78 is 16.8. The van der Waals surface area contributed by atoms with Crippen molar-refractivity contribution in [2.45, 2.75) is 232 Å². The smallest absolute Gasteiger partial charge is 0.306 e. The molecular weight excluding hydrogens is 853 g/mol. The van der Waals surface area contributed by atoms with Crippen molar-refractivity contribution in [3.05, 3.63) is 134 Å². The first-order chi connectivity index (χ1) is 34.0. The molecule has 0 aliphatic heterocycles. The Morgan fingerprint density at radius 3 is 0.913 bits per heavy atom. The zero-order chi connectivity index (χ0) is 50.0. The molecule has 6 nitrogen and oxygen atoms in total. The minimum Gasteiger partial charge on any atom is -0.462 e. The summed E-state index contributed by atoms with van der Waals surface area (Å²) in [6.07, 6.45) is 78.6. The van der Waals surface area contributed by atoms with Gasteiger partial charge in [0, 0.05) is 19.3 Å². The molecule has 0 amide bonds. The first-order valence-electron chi connectivity index (χ1n) is 27.7. The maximum absolute atomic E-state index is 12.8. The second kappa shape index (κ2) is 56.1. The molecule has 0 saturated heterocycles. The van der Waals surface area contributed by atoms with Gasteiger partial charge in [0.25, 0.3) is 0 Å². The first kappa shape index (κ1) is 64.5. The molecule has 0 aromatic carbocycles. The molecule has 0 unspecified atom stereocenters. The molecule has 0 saturated carbocycles. The summed E-state index contributed by atoms with van der Waals surface area (Å²) in [5.41, 5.74) is 0. The predicted octanol–water partition coefficient (Wildman–Crippen LogP) is 18.6. The lowest BCUT2D eigenvalue weighted by atomic mass is 10.1. The van der Waals surface area contributed by atoms with E-state index in [0.717, 1.165) is 141 Å². The van der Waals surface area contributed by atoms with E-state index in [0.29, 0.717) is 19.3 Å². The zero-order valence-corrected chi connectivity index (χ0v) is 44.3. The van der Waals surface area contributed by atoms with E-state index in [4.69, 9.17) is 14.2 Å². The van der Waals surface area contributed by atoms with Crippen LogP contribution >= 0.6 is 0 Å². The normalized spacial score (nSPS) is 13.1. The van der Waals surface area contributed by atoms with Crippen LogP contribution in [0.3, 0.4) is 0 Å². The number of carbonyl (C=O) groups is 3. The number of rotatable bonds is 48. The van der Waals surface area contributed by atoms with Crippen LogP contribution in [-0.2, 0) is 28.6 Å². The van der Waals surface area contributed by atoms with Crippen LogP contribution in [0, 0.1) is 0 Å². The van der Waals surface area contributed by atoms with Crippen LogP contribution in [0.15, 0.2) is 134 Å². The second-order valence-electron chi connectivity index (χ2n) is 17.7. The first-order valence-corrected chi connectivity index (χ1v) is 27.7. The summed E-state index contributed by atoms with van der Waals surface area (Å²) >= 11 is 0. The van der Waals surface area contributed by atoms with E-state index in [9.17, 15) is 14.4 Å². The number of carbonyl (C=O) groups excluding carboxylic acids is 3. The molecule has 0 bridgehead atoms. The highest BCUT2D eigenvalue weighted by molar-refractivity contribution is 5.71. The van der Waals surface area contributed by atoms with Crippen LogP contribution in [0.25, 0.3) is 0 Å². The molecule has 0 aromatic rings. The number of allylic oxidation sites excluding steroid dienone is 22. The summed E-state index contributed by atoms with van der Waals surface area (Å²) in [7, 11) is 0. The van der Waals surface area contributed by atoms with Crippen molar-refractivity contribution < 1.29 is 28.6 Å². The van der Waals surface area contributed by atoms with Gasteiger partial charge in [0.05, 0.1) is 0 Å². The topological polar surface area (TPSA) is 78.9 Å². The van der Waals surface area contributed by atoms with Crippen LogP contribution < -0.4 is 0 Å².